The average molecular weight is 563 g/mol. The Bertz CT molecular complexity index is 1480. The summed E-state index contributed by atoms with van der Waals surface area (Å²) in [6, 6.07) is 12.0. The van der Waals surface area contributed by atoms with Gasteiger partial charge in [-0.3, -0.25) is 4.79 Å². The molecule has 1 saturated heterocycles. The number of ether oxygens (including phenoxy) is 2. The monoisotopic (exact) mass is 563 g/mol. The van der Waals surface area contributed by atoms with Crippen LogP contribution in [-0.4, -0.2) is 54.3 Å². The van der Waals surface area contributed by atoms with Gasteiger partial charge in [-0.25, -0.2) is 4.99 Å². The third-order valence-electron chi connectivity index (χ3n) is 6.81. The van der Waals surface area contributed by atoms with Crippen LogP contribution in [0.4, 0.5) is 32.0 Å². The SMILES string of the molecule is COc1ccc2c(c1)C(N1CCN(C(=O)c3ccccc3C(F)(F)F)C(C)C1)=Nc1cc(C(F)(F)F)ccc1O2. The predicted octanol–water partition coefficient (Wildman–Crippen LogP) is 6.76. The average Bonchev–Trinajstić information content (AvgIpc) is 3.07. The van der Waals surface area contributed by atoms with E-state index in [1.165, 1.54) is 30.2 Å². The Kier molecular flexibility index (Phi) is 6.89. The zero-order valence-electron chi connectivity index (χ0n) is 21.3. The minimum atomic E-state index is -4.70. The highest BCUT2D eigenvalue weighted by Gasteiger charge is 2.39. The number of aliphatic imine (C=N–C) groups is 1. The summed E-state index contributed by atoms with van der Waals surface area (Å²) in [5.41, 5.74) is -1.94. The normalized spacial score (nSPS) is 17.3. The molecular weight excluding hydrogens is 540 g/mol. The van der Waals surface area contributed by atoms with Crippen LogP contribution in [0.2, 0.25) is 0 Å². The van der Waals surface area contributed by atoms with E-state index in [2.05, 4.69) is 4.99 Å². The molecule has 2 heterocycles. The Hall–Kier alpha value is -4.22. The van der Waals surface area contributed by atoms with Crippen molar-refractivity contribution in [1.29, 1.82) is 0 Å². The fourth-order valence-corrected chi connectivity index (χ4v) is 4.82. The van der Waals surface area contributed by atoms with Crippen molar-refractivity contribution in [3.63, 3.8) is 0 Å². The van der Waals surface area contributed by atoms with Crippen LogP contribution in [0.15, 0.2) is 65.7 Å². The van der Waals surface area contributed by atoms with Crippen molar-refractivity contribution >= 4 is 17.4 Å². The van der Waals surface area contributed by atoms with Crippen LogP contribution in [0.25, 0.3) is 0 Å². The third kappa shape index (κ3) is 5.17. The largest absolute Gasteiger partial charge is 0.497 e. The van der Waals surface area contributed by atoms with Crippen LogP contribution >= 0.6 is 0 Å². The van der Waals surface area contributed by atoms with Gasteiger partial charge in [0.2, 0.25) is 0 Å². The standard InChI is InChI=1S/C28H23F6N3O3/c1-16-15-36(11-12-37(16)26(38)19-5-3-4-6-21(19)28(32,33)34)25-20-14-18(39-2)8-10-23(20)40-24-9-7-17(27(29,30)31)13-22(24)35-25/h3-10,13-14,16H,11-12,15H2,1-2H3. The van der Waals surface area contributed by atoms with E-state index in [9.17, 15) is 31.1 Å². The molecule has 1 atom stereocenters. The molecule has 0 aliphatic carbocycles. The number of fused-ring (bicyclic) bond motifs is 2. The van der Waals surface area contributed by atoms with Crippen molar-refractivity contribution in [2.75, 3.05) is 26.7 Å². The molecule has 1 amide bonds. The van der Waals surface area contributed by atoms with Gasteiger partial charge in [0.25, 0.3) is 5.91 Å². The minimum Gasteiger partial charge on any atom is -0.497 e. The Morgan fingerprint density at radius 2 is 1.68 bits per heavy atom. The van der Waals surface area contributed by atoms with Crippen LogP contribution in [0.5, 0.6) is 17.2 Å². The lowest BCUT2D eigenvalue weighted by Gasteiger charge is -2.41. The van der Waals surface area contributed by atoms with Crippen LogP contribution in [-0.2, 0) is 12.4 Å². The number of carbonyl (C=O) groups excluding carboxylic acids is 1. The number of amides is 1. The topological polar surface area (TPSA) is 54.4 Å². The number of alkyl halides is 6. The maximum absolute atomic E-state index is 13.6. The maximum Gasteiger partial charge on any atom is 0.417 e. The third-order valence-corrected chi connectivity index (χ3v) is 6.81. The van der Waals surface area contributed by atoms with Gasteiger partial charge >= 0.3 is 12.4 Å². The maximum atomic E-state index is 13.6. The molecule has 40 heavy (non-hydrogen) atoms. The quantitative estimate of drug-likeness (QED) is 0.323. The number of piperazine rings is 1. The molecule has 12 heteroatoms. The molecule has 210 valence electrons. The van der Waals surface area contributed by atoms with E-state index in [4.69, 9.17) is 9.47 Å². The first-order valence-corrected chi connectivity index (χ1v) is 12.2. The van der Waals surface area contributed by atoms with Gasteiger partial charge < -0.3 is 19.3 Å². The van der Waals surface area contributed by atoms with E-state index in [0.717, 1.165) is 24.3 Å². The molecule has 2 aliphatic rings. The molecule has 1 fully saturated rings. The highest BCUT2D eigenvalue weighted by atomic mass is 19.4. The molecule has 0 bridgehead atoms. The lowest BCUT2D eigenvalue weighted by atomic mass is 10.0. The molecule has 2 aliphatic heterocycles. The van der Waals surface area contributed by atoms with Crippen LogP contribution in [0, 0.1) is 0 Å². The summed E-state index contributed by atoms with van der Waals surface area (Å²) in [5.74, 6) is 0.459. The fraction of sp³-hybridized carbons (Fsp3) is 0.286. The Morgan fingerprint density at radius 3 is 2.35 bits per heavy atom. The van der Waals surface area contributed by atoms with Gasteiger partial charge in [0.15, 0.2) is 5.75 Å². The zero-order valence-corrected chi connectivity index (χ0v) is 21.3. The molecule has 3 aromatic carbocycles. The number of benzene rings is 3. The molecular formula is C28H23F6N3O3. The first-order chi connectivity index (χ1) is 18.9. The molecule has 0 aromatic heterocycles. The molecule has 5 rings (SSSR count). The molecule has 0 spiro atoms. The van der Waals surface area contributed by atoms with Crippen molar-refractivity contribution in [3.8, 4) is 17.2 Å². The first kappa shape index (κ1) is 27.4. The summed E-state index contributed by atoms with van der Waals surface area (Å²) in [7, 11) is 1.46. The second-order valence-corrected chi connectivity index (χ2v) is 9.42. The highest BCUT2D eigenvalue weighted by molar-refractivity contribution is 6.04. The van der Waals surface area contributed by atoms with E-state index in [1.54, 1.807) is 30.0 Å². The van der Waals surface area contributed by atoms with Crippen LogP contribution < -0.4 is 9.47 Å². The molecule has 0 saturated carbocycles. The Morgan fingerprint density at radius 1 is 0.950 bits per heavy atom. The summed E-state index contributed by atoms with van der Waals surface area (Å²) in [6.07, 6.45) is -9.29. The number of nitrogens with zero attached hydrogens (tertiary/aromatic N) is 3. The van der Waals surface area contributed by atoms with Gasteiger partial charge in [-0.15, -0.1) is 0 Å². The summed E-state index contributed by atoms with van der Waals surface area (Å²) in [6.45, 7) is 2.06. The number of rotatable bonds is 2. The van der Waals surface area contributed by atoms with Crippen molar-refractivity contribution < 1.29 is 40.6 Å². The summed E-state index contributed by atoms with van der Waals surface area (Å²) >= 11 is 0. The first-order valence-electron chi connectivity index (χ1n) is 12.2. The van der Waals surface area contributed by atoms with E-state index in [0.29, 0.717) is 22.9 Å². The predicted molar refractivity (Wildman–Crippen MR) is 134 cm³/mol. The van der Waals surface area contributed by atoms with Gasteiger partial charge in [0.05, 0.1) is 29.4 Å². The minimum absolute atomic E-state index is 0.0368. The van der Waals surface area contributed by atoms with Crippen molar-refractivity contribution in [2.24, 2.45) is 4.99 Å². The van der Waals surface area contributed by atoms with Crippen LogP contribution in [0.1, 0.15) is 34.0 Å². The number of halogens is 6. The second kappa shape index (κ2) is 10.1. The molecule has 1 unspecified atom stereocenters. The number of hydrogen-bond acceptors (Lipinski definition) is 5. The van der Waals surface area contributed by atoms with Gasteiger partial charge in [0.1, 0.15) is 23.0 Å². The number of methoxy groups -OCH3 is 1. The lowest BCUT2D eigenvalue weighted by Crippen LogP contribution is -2.55. The van der Waals surface area contributed by atoms with Gasteiger partial charge in [-0.2, -0.15) is 26.3 Å². The summed E-state index contributed by atoms with van der Waals surface area (Å²) < 4.78 is 92.3. The molecule has 3 aromatic rings. The van der Waals surface area contributed by atoms with Crippen molar-refractivity contribution in [2.45, 2.75) is 25.3 Å². The van der Waals surface area contributed by atoms with Crippen LogP contribution in [0.3, 0.4) is 0 Å². The molecule has 6 nitrogen and oxygen atoms in total. The van der Waals surface area contributed by atoms with Crippen molar-refractivity contribution in [1.82, 2.24) is 9.80 Å². The molecule has 0 radical (unpaired) electrons. The Labute approximate surface area is 225 Å². The van der Waals surface area contributed by atoms with E-state index in [-0.39, 0.29) is 31.1 Å². The highest BCUT2D eigenvalue weighted by Crippen LogP contribution is 2.43. The van der Waals surface area contributed by atoms with E-state index in [1.807, 2.05) is 0 Å². The van der Waals surface area contributed by atoms with E-state index < -0.39 is 41.0 Å². The smallest absolute Gasteiger partial charge is 0.417 e. The van der Waals surface area contributed by atoms with Gasteiger partial charge in [0, 0.05) is 25.7 Å². The fourth-order valence-electron chi connectivity index (χ4n) is 4.82. The second-order valence-electron chi connectivity index (χ2n) is 9.42. The van der Waals surface area contributed by atoms with Gasteiger partial charge in [-0.05, 0) is 55.5 Å². The lowest BCUT2D eigenvalue weighted by molar-refractivity contribution is -0.138. The summed E-state index contributed by atoms with van der Waals surface area (Å²) in [5, 5.41) is 0. The summed E-state index contributed by atoms with van der Waals surface area (Å²) in [4.78, 5) is 20.9. The molecule has 0 N–H and O–H groups in total. The number of hydrogen-bond donors (Lipinski definition) is 0. The number of carbonyl (C=O) groups is 1. The number of amidine groups is 1. The Balaban J connectivity index is 1.50. The van der Waals surface area contributed by atoms with E-state index >= 15 is 0 Å². The van der Waals surface area contributed by atoms with Crippen molar-refractivity contribution in [3.05, 3.63) is 82.9 Å². The van der Waals surface area contributed by atoms with Gasteiger partial charge in [-0.1, -0.05) is 12.1 Å². The zero-order chi connectivity index (χ0) is 28.8.